The molecule has 0 amide bonds. The highest BCUT2D eigenvalue weighted by Crippen LogP contribution is 2.35. The Hall–Kier alpha value is -3.94. The number of nitrogens with zero attached hydrogens (tertiary/aromatic N) is 2. The van der Waals surface area contributed by atoms with Crippen LogP contribution < -0.4 is 14.9 Å². The van der Waals surface area contributed by atoms with Crippen molar-refractivity contribution in [1.29, 1.82) is 0 Å². The zero-order valence-electron chi connectivity index (χ0n) is 19.2. The fourth-order valence-electron chi connectivity index (χ4n) is 4.17. The average molecular weight is 517 g/mol. The van der Waals surface area contributed by atoms with Crippen molar-refractivity contribution in [3.05, 3.63) is 126 Å². The minimum Gasteiger partial charge on any atom is -0.507 e. The molecule has 0 fully saturated rings. The molecule has 4 aromatic rings. The first-order valence-corrected chi connectivity index (χ1v) is 12.5. The molecule has 1 aromatic heterocycles. The standard InChI is InChI=1S/C28H21ClN2O4S/c1-2-35-27(34)23-24(17-9-5-3-6-10-17)30-28-31(25(23)18-11-7-4-8-12-18)26(33)22(36-28)16-19-15-20(29)13-14-21(19)32/h3-16,25,32H,2H2,1H3/b22-16-/t25-/m1/s1. The van der Waals surface area contributed by atoms with Crippen molar-refractivity contribution in [2.75, 3.05) is 6.61 Å². The number of thiazole rings is 1. The van der Waals surface area contributed by atoms with E-state index in [1.165, 1.54) is 22.0 Å². The van der Waals surface area contributed by atoms with Crippen LogP contribution in [0.2, 0.25) is 5.02 Å². The molecule has 2 heterocycles. The molecule has 1 aliphatic rings. The van der Waals surface area contributed by atoms with Crippen molar-refractivity contribution in [3.63, 3.8) is 0 Å². The lowest BCUT2D eigenvalue weighted by Gasteiger charge is -2.25. The molecule has 0 aliphatic carbocycles. The third kappa shape index (κ3) is 4.39. The second-order valence-corrected chi connectivity index (χ2v) is 9.49. The third-order valence-corrected chi connectivity index (χ3v) is 6.98. The molecule has 0 bridgehead atoms. The van der Waals surface area contributed by atoms with E-state index in [2.05, 4.69) is 0 Å². The first kappa shape index (κ1) is 23.8. The normalized spacial score (nSPS) is 15.4. The average Bonchev–Trinajstić information content (AvgIpc) is 3.21. The number of hydrogen-bond acceptors (Lipinski definition) is 6. The third-order valence-electron chi connectivity index (χ3n) is 5.77. The summed E-state index contributed by atoms with van der Waals surface area (Å²) in [6, 6.07) is 22.6. The zero-order chi connectivity index (χ0) is 25.2. The lowest BCUT2D eigenvalue weighted by molar-refractivity contribution is -0.138. The van der Waals surface area contributed by atoms with Gasteiger partial charge in [-0.25, -0.2) is 9.79 Å². The van der Waals surface area contributed by atoms with Gasteiger partial charge in [0, 0.05) is 16.1 Å². The number of carbonyl (C=O) groups excluding carboxylic acids is 1. The van der Waals surface area contributed by atoms with Crippen LogP contribution >= 0.6 is 22.9 Å². The van der Waals surface area contributed by atoms with E-state index in [-0.39, 0.29) is 17.9 Å². The van der Waals surface area contributed by atoms with E-state index >= 15 is 0 Å². The highest BCUT2D eigenvalue weighted by atomic mass is 35.5. The monoisotopic (exact) mass is 516 g/mol. The van der Waals surface area contributed by atoms with Crippen LogP contribution in [-0.2, 0) is 9.53 Å². The first-order valence-electron chi connectivity index (χ1n) is 11.3. The van der Waals surface area contributed by atoms with Crippen molar-refractivity contribution in [2.24, 2.45) is 4.99 Å². The molecular weight excluding hydrogens is 496 g/mol. The number of phenolic OH excluding ortho intramolecular Hbond substituents is 1. The number of carbonyl (C=O) groups is 1. The van der Waals surface area contributed by atoms with Crippen molar-refractivity contribution in [3.8, 4) is 5.75 Å². The van der Waals surface area contributed by atoms with Crippen LogP contribution in [0, 0.1) is 0 Å². The highest BCUT2D eigenvalue weighted by molar-refractivity contribution is 7.07. The van der Waals surface area contributed by atoms with Crippen molar-refractivity contribution in [2.45, 2.75) is 13.0 Å². The zero-order valence-corrected chi connectivity index (χ0v) is 20.8. The molecule has 0 saturated heterocycles. The Balaban J connectivity index is 1.84. The van der Waals surface area contributed by atoms with Crippen LogP contribution in [0.5, 0.6) is 5.75 Å². The predicted octanol–water partition coefficient (Wildman–Crippen LogP) is 4.29. The van der Waals surface area contributed by atoms with Gasteiger partial charge in [0.15, 0.2) is 4.80 Å². The number of hydrogen-bond donors (Lipinski definition) is 1. The van der Waals surface area contributed by atoms with Gasteiger partial charge in [-0.05, 0) is 36.8 Å². The summed E-state index contributed by atoms with van der Waals surface area (Å²) >= 11 is 7.29. The molecule has 0 radical (unpaired) electrons. The minimum atomic E-state index is -0.744. The quantitative estimate of drug-likeness (QED) is 0.401. The number of aromatic hydroxyl groups is 1. The summed E-state index contributed by atoms with van der Waals surface area (Å²) in [7, 11) is 0. The van der Waals surface area contributed by atoms with Gasteiger partial charge in [0.2, 0.25) is 0 Å². The number of aromatic nitrogens is 1. The summed E-state index contributed by atoms with van der Waals surface area (Å²) in [6.07, 6.45) is 1.59. The number of halogens is 1. The number of esters is 1. The molecule has 6 nitrogen and oxygen atoms in total. The van der Waals surface area contributed by atoms with Crippen LogP contribution in [0.3, 0.4) is 0 Å². The number of phenols is 1. The summed E-state index contributed by atoms with van der Waals surface area (Å²) in [6.45, 7) is 1.93. The maximum absolute atomic E-state index is 13.8. The van der Waals surface area contributed by atoms with Crippen molar-refractivity contribution < 1.29 is 14.6 Å². The Bertz CT molecular complexity index is 1660. The molecule has 1 N–H and O–H groups in total. The molecular formula is C28H21ClN2O4S. The van der Waals surface area contributed by atoms with E-state index < -0.39 is 12.0 Å². The molecule has 0 spiro atoms. The summed E-state index contributed by atoms with van der Waals surface area (Å²) < 4.78 is 7.32. The Kier molecular flexibility index (Phi) is 6.59. The number of benzene rings is 3. The van der Waals surface area contributed by atoms with Crippen LogP contribution in [-0.4, -0.2) is 22.2 Å². The highest BCUT2D eigenvalue weighted by Gasteiger charge is 2.35. The van der Waals surface area contributed by atoms with Crippen molar-refractivity contribution in [1.82, 2.24) is 4.57 Å². The van der Waals surface area contributed by atoms with Crippen LogP contribution in [0.1, 0.15) is 29.7 Å². The van der Waals surface area contributed by atoms with Gasteiger partial charge in [-0.2, -0.15) is 0 Å². The molecule has 0 unspecified atom stereocenters. The van der Waals surface area contributed by atoms with Gasteiger partial charge in [0.1, 0.15) is 5.75 Å². The van der Waals surface area contributed by atoms with Gasteiger partial charge >= 0.3 is 5.97 Å². The molecule has 3 aromatic carbocycles. The number of ether oxygens (including phenoxy) is 1. The van der Waals surface area contributed by atoms with Crippen LogP contribution in [0.4, 0.5) is 0 Å². The van der Waals surface area contributed by atoms with Gasteiger partial charge in [-0.3, -0.25) is 9.36 Å². The van der Waals surface area contributed by atoms with Crippen LogP contribution in [0.15, 0.2) is 94.2 Å². The Morgan fingerprint density at radius 3 is 2.50 bits per heavy atom. The minimum absolute atomic E-state index is 0.00188. The lowest BCUT2D eigenvalue weighted by Crippen LogP contribution is -2.39. The van der Waals surface area contributed by atoms with E-state index in [1.54, 1.807) is 25.1 Å². The summed E-state index contributed by atoms with van der Waals surface area (Å²) in [5.74, 6) is -0.530. The Morgan fingerprint density at radius 2 is 1.81 bits per heavy atom. The predicted molar refractivity (Wildman–Crippen MR) is 141 cm³/mol. The molecule has 8 heteroatoms. The second kappa shape index (κ2) is 9.97. The van der Waals surface area contributed by atoms with Gasteiger partial charge in [0.25, 0.3) is 5.56 Å². The number of rotatable bonds is 5. The van der Waals surface area contributed by atoms with Gasteiger partial charge < -0.3 is 9.84 Å². The Labute approximate surface area is 215 Å². The van der Waals surface area contributed by atoms with E-state index in [9.17, 15) is 14.7 Å². The van der Waals surface area contributed by atoms with Crippen LogP contribution in [0.25, 0.3) is 11.8 Å². The maximum Gasteiger partial charge on any atom is 0.338 e. The maximum atomic E-state index is 13.8. The van der Waals surface area contributed by atoms with E-state index in [1.807, 2.05) is 60.7 Å². The summed E-state index contributed by atoms with van der Waals surface area (Å²) in [5.41, 5.74) is 2.33. The summed E-state index contributed by atoms with van der Waals surface area (Å²) in [4.78, 5) is 32.3. The largest absolute Gasteiger partial charge is 0.507 e. The van der Waals surface area contributed by atoms with E-state index in [4.69, 9.17) is 21.3 Å². The molecule has 5 rings (SSSR count). The molecule has 180 valence electrons. The lowest BCUT2D eigenvalue weighted by atomic mass is 9.93. The number of fused-ring (bicyclic) bond motifs is 1. The molecule has 1 atom stereocenters. The fourth-order valence-corrected chi connectivity index (χ4v) is 5.35. The topological polar surface area (TPSA) is 80.9 Å². The molecule has 1 aliphatic heterocycles. The van der Waals surface area contributed by atoms with E-state index in [0.717, 1.165) is 11.1 Å². The molecule has 0 saturated carbocycles. The fraction of sp³-hybridized carbons (Fsp3) is 0.107. The van der Waals surface area contributed by atoms with Gasteiger partial charge in [0.05, 0.1) is 28.5 Å². The molecule has 36 heavy (non-hydrogen) atoms. The summed E-state index contributed by atoms with van der Waals surface area (Å²) in [5, 5.41) is 10.7. The smallest absolute Gasteiger partial charge is 0.338 e. The van der Waals surface area contributed by atoms with Crippen molar-refractivity contribution >= 4 is 40.7 Å². The van der Waals surface area contributed by atoms with Gasteiger partial charge in [-0.15, -0.1) is 0 Å². The second-order valence-electron chi connectivity index (χ2n) is 8.05. The van der Waals surface area contributed by atoms with E-state index in [0.29, 0.717) is 31.2 Å². The first-order chi connectivity index (χ1) is 17.5. The van der Waals surface area contributed by atoms with Gasteiger partial charge in [-0.1, -0.05) is 83.6 Å². The SMILES string of the molecule is CCOC(=O)C1=C(c2ccccc2)N=c2s/c(=C\c3cc(Cl)ccc3O)c(=O)n2[C@@H]1c1ccccc1. The Morgan fingerprint density at radius 1 is 1.11 bits per heavy atom.